The van der Waals surface area contributed by atoms with E-state index < -0.39 is 0 Å². The Bertz CT molecular complexity index is 181. The SMILES string of the molecule is CCCCN(CC)C1CC2CCC(C1)N2. The lowest BCUT2D eigenvalue weighted by Gasteiger charge is -2.37. The number of piperidine rings is 1. The molecule has 2 fully saturated rings. The first-order chi connectivity index (χ1) is 7.33. The molecule has 0 saturated carbocycles. The largest absolute Gasteiger partial charge is 0.311 e. The second-order valence-corrected chi connectivity index (χ2v) is 5.25. The van der Waals surface area contributed by atoms with Crippen LogP contribution in [0.4, 0.5) is 0 Å². The number of nitrogens with one attached hydrogen (secondary N) is 1. The molecule has 2 heterocycles. The van der Waals surface area contributed by atoms with Crippen molar-refractivity contribution in [3.63, 3.8) is 0 Å². The van der Waals surface area contributed by atoms with Crippen LogP contribution < -0.4 is 5.32 Å². The molecule has 0 amide bonds. The fraction of sp³-hybridized carbons (Fsp3) is 1.00. The predicted molar refractivity (Wildman–Crippen MR) is 65.1 cm³/mol. The smallest absolute Gasteiger partial charge is 0.0125 e. The van der Waals surface area contributed by atoms with Crippen LogP contribution in [0.5, 0.6) is 0 Å². The van der Waals surface area contributed by atoms with Gasteiger partial charge in [-0.05, 0) is 45.2 Å². The molecule has 2 atom stereocenters. The zero-order valence-electron chi connectivity index (χ0n) is 10.3. The molecule has 2 aliphatic rings. The van der Waals surface area contributed by atoms with Gasteiger partial charge in [0.15, 0.2) is 0 Å². The summed E-state index contributed by atoms with van der Waals surface area (Å²) in [6.07, 6.45) is 8.34. The van der Waals surface area contributed by atoms with Crippen molar-refractivity contribution in [2.24, 2.45) is 0 Å². The summed E-state index contributed by atoms with van der Waals surface area (Å²) in [5.74, 6) is 0. The highest BCUT2D eigenvalue weighted by molar-refractivity contribution is 4.95. The third-order valence-electron chi connectivity index (χ3n) is 4.17. The Morgan fingerprint density at radius 3 is 2.33 bits per heavy atom. The van der Waals surface area contributed by atoms with Crippen LogP contribution in [0.2, 0.25) is 0 Å². The van der Waals surface area contributed by atoms with E-state index in [1.54, 1.807) is 0 Å². The van der Waals surface area contributed by atoms with Gasteiger partial charge in [0, 0.05) is 18.1 Å². The van der Waals surface area contributed by atoms with Crippen LogP contribution >= 0.6 is 0 Å². The number of unbranched alkanes of at least 4 members (excludes halogenated alkanes) is 1. The average molecular weight is 210 g/mol. The maximum atomic E-state index is 3.73. The Labute approximate surface area is 94.4 Å². The first-order valence-electron chi connectivity index (χ1n) is 6.83. The molecule has 0 aromatic carbocycles. The second-order valence-electron chi connectivity index (χ2n) is 5.25. The maximum absolute atomic E-state index is 3.73. The van der Waals surface area contributed by atoms with Gasteiger partial charge >= 0.3 is 0 Å². The highest BCUT2D eigenvalue weighted by Crippen LogP contribution is 2.29. The normalized spacial score (nSPS) is 35.0. The summed E-state index contributed by atoms with van der Waals surface area (Å²) in [6, 6.07) is 2.55. The van der Waals surface area contributed by atoms with E-state index in [1.807, 2.05) is 0 Å². The van der Waals surface area contributed by atoms with E-state index in [2.05, 4.69) is 24.1 Å². The minimum atomic E-state index is 0.837. The third kappa shape index (κ3) is 2.73. The summed E-state index contributed by atoms with van der Waals surface area (Å²) in [7, 11) is 0. The molecular formula is C13H26N2. The summed E-state index contributed by atoms with van der Waals surface area (Å²) in [5.41, 5.74) is 0. The molecule has 0 aromatic heterocycles. The number of hydrogen-bond acceptors (Lipinski definition) is 2. The van der Waals surface area contributed by atoms with Crippen molar-refractivity contribution in [3.05, 3.63) is 0 Å². The Balaban J connectivity index is 1.85. The summed E-state index contributed by atoms with van der Waals surface area (Å²) in [6.45, 7) is 7.17. The molecule has 88 valence electrons. The van der Waals surface area contributed by atoms with Gasteiger partial charge in [-0.3, -0.25) is 0 Å². The molecule has 2 rings (SSSR count). The first kappa shape index (κ1) is 11.4. The van der Waals surface area contributed by atoms with E-state index in [-0.39, 0.29) is 0 Å². The average Bonchev–Trinajstić information content (AvgIpc) is 2.59. The molecule has 2 heteroatoms. The van der Waals surface area contributed by atoms with Crippen LogP contribution in [0, 0.1) is 0 Å². The highest BCUT2D eigenvalue weighted by Gasteiger charge is 2.35. The molecule has 0 aliphatic carbocycles. The molecule has 2 bridgehead atoms. The van der Waals surface area contributed by atoms with Gasteiger partial charge < -0.3 is 10.2 Å². The lowest BCUT2D eigenvalue weighted by atomic mass is 9.98. The lowest BCUT2D eigenvalue weighted by Crippen LogP contribution is -2.48. The zero-order valence-corrected chi connectivity index (χ0v) is 10.3. The summed E-state index contributed by atoms with van der Waals surface area (Å²) in [5, 5.41) is 3.73. The quantitative estimate of drug-likeness (QED) is 0.749. The fourth-order valence-electron chi connectivity index (χ4n) is 3.29. The van der Waals surface area contributed by atoms with E-state index in [0.29, 0.717) is 0 Å². The van der Waals surface area contributed by atoms with Gasteiger partial charge in [0.2, 0.25) is 0 Å². The molecule has 0 aromatic rings. The highest BCUT2D eigenvalue weighted by atomic mass is 15.2. The topological polar surface area (TPSA) is 15.3 Å². The van der Waals surface area contributed by atoms with Gasteiger partial charge in [-0.15, -0.1) is 0 Å². The van der Waals surface area contributed by atoms with E-state index in [9.17, 15) is 0 Å². The van der Waals surface area contributed by atoms with E-state index >= 15 is 0 Å². The number of nitrogens with zero attached hydrogens (tertiary/aromatic N) is 1. The standard InChI is InChI=1S/C13H26N2/c1-3-5-8-15(4-2)13-9-11-6-7-12(10-13)14-11/h11-14H,3-10H2,1-2H3. The summed E-state index contributed by atoms with van der Waals surface area (Å²) >= 11 is 0. The van der Waals surface area contributed by atoms with Gasteiger partial charge in [-0.2, -0.15) is 0 Å². The van der Waals surface area contributed by atoms with Crippen LogP contribution in [0.3, 0.4) is 0 Å². The van der Waals surface area contributed by atoms with Crippen molar-refractivity contribution in [1.82, 2.24) is 10.2 Å². The molecule has 2 aliphatic heterocycles. The van der Waals surface area contributed by atoms with Crippen molar-refractivity contribution in [3.8, 4) is 0 Å². The van der Waals surface area contributed by atoms with E-state index in [0.717, 1.165) is 18.1 Å². The molecule has 1 N–H and O–H groups in total. The van der Waals surface area contributed by atoms with E-state index in [4.69, 9.17) is 0 Å². The van der Waals surface area contributed by atoms with Crippen molar-refractivity contribution in [1.29, 1.82) is 0 Å². The monoisotopic (exact) mass is 210 g/mol. The molecule has 2 nitrogen and oxygen atoms in total. The minimum Gasteiger partial charge on any atom is -0.311 e. The number of hydrogen-bond donors (Lipinski definition) is 1. The minimum absolute atomic E-state index is 0.837. The molecule has 2 unspecified atom stereocenters. The molecule has 0 spiro atoms. The van der Waals surface area contributed by atoms with Crippen molar-refractivity contribution < 1.29 is 0 Å². The van der Waals surface area contributed by atoms with Crippen LogP contribution in [0.25, 0.3) is 0 Å². The zero-order chi connectivity index (χ0) is 10.7. The van der Waals surface area contributed by atoms with Gasteiger partial charge in [-0.25, -0.2) is 0 Å². The molecule has 2 saturated heterocycles. The second kappa shape index (κ2) is 5.31. The van der Waals surface area contributed by atoms with Crippen LogP contribution in [0.1, 0.15) is 52.4 Å². The van der Waals surface area contributed by atoms with Crippen molar-refractivity contribution >= 4 is 0 Å². The Morgan fingerprint density at radius 1 is 1.13 bits per heavy atom. The fourth-order valence-corrected chi connectivity index (χ4v) is 3.29. The Kier molecular flexibility index (Phi) is 4.04. The van der Waals surface area contributed by atoms with Crippen LogP contribution in [-0.2, 0) is 0 Å². The van der Waals surface area contributed by atoms with Gasteiger partial charge in [0.1, 0.15) is 0 Å². The van der Waals surface area contributed by atoms with Gasteiger partial charge in [0.05, 0.1) is 0 Å². The Morgan fingerprint density at radius 2 is 1.80 bits per heavy atom. The van der Waals surface area contributed by atoms with Crippen molar-refractivity contribution in [2.75, 3.05) is 13.1 Å². The van der Waals surface area contributed by atoms with E-state index in [1.165, 1.54) is 51.6 Å². The van der Waals surface area contributed by atoms with Gasteiger partial charge in [-0.1, -0.05) is 20.3 Å². The Hall–Kier alpha value is -0.0800. The first-order valence-corrected chi connectivity index (χ1v) is 6.83. The van der Waals surface area contributed by atoms with Crippen LogP contribution in [-0.4, -0.2) is 36.1 Å². The summed E-state index contributed by atoms with van der Waals surface area (Å²) in [4.78, 5) is 2.72. The maximum Gasteiger partial charge on any atom is 0.0125 e. The van der Waals surface area contributed by atoms with Crippen LogP contribution in [0.15, 0.2) is 0 Å². The predicted octanol–water partition coefficient (Wildman–Crippen LogP) is 2.39. The molecular weight excluding hydrogens is 184 g/mol. The lowest BCUT2D eigenvalue weighted by molar-refractivity contribution is 0.146. The number of rotatable bonds is 5. The number of fused-ring (bicyclic) bond motifs is 2. The van der Waals surface area contributed by atoms with Crippen molar-refractivity contribution in [2.45, 2.75) is 70.5 Å². The molecule has 0 radical (unpaired) electrons. The summed E-state index contributed by atoms with van der Waals surface area (Å²) < 4.78 is 0. The molecule has 15 heavy (non-hydrogen) atoms. The third-order valence-corrected chi connectivity index (χ3v) is 4.17. The van der Waals surface area contributed by atoms with Gasteiger partial charge in [0.25, 0.3) is 0 Å².